The fourth-order valence-electron chi connectivity index (χ4n) is 3.32. The van der Waals surface area contributed by atoms with Crippen LogP contribution in [0.15, 0.2) is 83.1 Å². The minimum Gasteiger partial charge on any atom is -0.463 e. The summed E-state index contributed by atoms with van der Waals surface area (Å²) < 4.78 is 5.27. The zero-order valence-electron chi connectivity index (χ0n) is 20.9. The second kappa shape index (κ2) is 12.7. The first-order valence-electron chi connectivity index (χ1n) is 11.8. The van der Waals surface area contributed by atoms with Crippen LogP contribution in [-0.2, 0) is 9.53 Å². The molecule has 0 bridgehead atoms. The van der Waals surface area contributed by atoms with Gasteiger partial charge in [0.2, 0.25) is 0 Å². The van der Waals surface area contributed by atoms with E-state index in [0.717, 1.165) is 16.7 Å². The van der Waals surface area contributed by atoms with Crippen molar-refractivity contribution < 1.29 is 9.53 Å². The quantitative estimate of drug-likeness (QED) is 0.140. The third-order valence-corrected chi connectivity index (χ3v) is 5.67. The molecule has 2 aromatic carbocycles. The number of allylic oxidation sites excluding steroid dienone is 2. The maximum absolute atomic E-state index is 12.5. The third kappa shape index (κ3) is 8.92. The minimum atomic E-state index is -0.299. The molecule has 0 aliphatic heterocycles. The smallest absolute Gasteiger partial charge is 0.334 e. The summed E-state index contributed by atoms with van der Waals surface area (Å²) in [5.41, 5.74) is 6.16. The molecular formula is C32H32O2S. The Bertz CT molecular complexity index is 1270. The summed E-state index contributed by atoms with van der Waals surface area (Å²) in [6.45, 7) is 8.37. The summed E-state index contributed by atoms with van der Waals surface area (Å²) in [5, 5.41) is 4.25. The van der Waals surface area contributed by atoms with Crippen LogP contribution in [0.1, 0.15) is 50.8 Å². The molecule has 0 atom stereocenters. The largest absolute Gasteiger partial charge is 0.463 e. The van der Waals surface area contributed by atoms with E-state index in [9.17, 15) is 4.79 Å². The van der Waals surface area contributed by atoms with E-state index in [1.54, 1.807) is 11.3 Å². The molecule has 3 aromatic rings. The fraction of sp³-hybridized carbons (Fsp3) is 0.219. The van der Waals surface area contributed by atoms with Crippen LogP contribution in [0.5, 0.6) is 0 Å². The first-order chi connectivity index (χ1) is 16.8. The number of benzene rings is 2. The number of carbonyl (C=O) groups is 1. The highest BCUT2D eigenvalue weighted by Gasteiger charge is 2.09. The normalized spacial score (nSPS) is 12.1. The van der Waals surface area contributed by atoms with E-state index in [0.29, 0.717) is 18.6 Å². The van der Waals surface area contributed by atoms with Gasteiger partial charge in [-0.3, -0.25) is 0 Å². The Balaban J connectivity index is 1.78. The van der Waals surface area contributed by atoms with Crippen LogP contribution in [0.3, 0.4) is 0 Å². The van der Waals surface area contributed by atoms with Gasteiger partial charge in [-0.2, -0.15) is 11.3 Å². The molecule has 1 aromatic heterocycles. The Morgan fingerprint density at radius 2 is 1.69 bits per heavy atom. The molecule has 0 saturated carbocycles. The van der Waals surface area contributed by atoms with Gasteiger partial charge in [0.1, 0.15) is 0 Å². The molecule has 0 aliphatic rings. The molecule has 0 N–H and O–H groups in total. The van der Waals surface area contributed by atoms with Crippen molar-refractivity contribution in [2.75, 3.05) is 6.61 Å². The molecule has 0 aliphatic carbocycles. The summed E-state index contributed by atoms with van der Waals surface area (Å²) >= 11 is 1.70. The Hall–Kier alpha value is -3.61. The third-order valence-electron chi connectivity index (χ3n) is 4.98. The van der Waals surface area contributed by atoms with Gasteiger partial charge in [0, 0.05) is 11.0 Å². The molecular weight excluding hydrogens is 448 g/mol. The van der Waals surface area contributed by atoms with Crippen LogP contribution in [0, 0.1) is 17.3 Å². The van der Waals surface area contributed by atoms with Gasteiger partial charge in [-0.15, -0.1) is 0 Å². The zero-order valence-corrected chi connectivity index (χ0v) is 21.7. The highest BCUT2D eigenvalue weighted by atomic mass is 32.1. The SMILES string of the molecule is CCOC(=O)/C(=C/c1cccc(/C=C/c2cccc(-c3ccsc3)c2)c1)C/C=C/C#CC(C)(C)C. The number of carbonyl (C=O) groups excluding carboxylic acids is 1. The molecule has 2 nitrogen and oxygen atoms in total. The predicted molar refractivity (Wildman–Crippen MR) is 151 cm³/mol. The Kier molecular flexibility index (Phi) is 9.47. The van der Waals surface area contributed by atoms with Gasteiger partial charge in [-0.1, -0.05) is 66.5 Å². The maximum atomic E-state index is 12.5. The number of thiophene rings is 1. The van der Waals surface area contributed by atoms with Crippen LogP contribution in [0.25, 0.3) is 29.4 Å². The van der Waals surface area contributed by atoms with Gasteiger partial charge >= 0.3 is 5.97 Å². The Labute approximate surface area is 213 Å². The molecule has 35 heavy (non-hydrogen) atoms. The Morgan fingerprint density at radius 3 is 2.37 bits per heavy atom. The molecule has 0 unspecified atom stereocenters. The highest BCUT2D eigenvalue weighted by Crippen LogP contribution is 2.24. The van der Waals surface area contributed by atoms with E-state index in [2.05, 4.69) is 98.0 Å². The molecule has 1 heterocycles. The lowest BCUT2D eigenvalue weighted by Gasteiger charge is -2.06. The molecule has 0 amide bonds. The predicted octanol–water partition coefficient (Wildman–Crippen LogP) is 8.53. The van der Waals surface area contributed by atoms with E-state index in [-0.39, 0.29) is 11.4 Å². The van der Waals surface area contributed by atoms with Gasteiger partial charge in [0.15, 0.2) is 0 Å². The number of esters is 1. The number of hydrogen-bond acceptors (Lipinski definition) is 3. The van der Waals surface area contributed by atoms with E-state index in [1.165, 1.54) is 11.1 Å². The number of hydrogen-bond donors (Lipinski definition) is 0. The number of ether oxygens (including phenoxy) is 1. The van der Waals surface area contributed by atoms with Crippen LogP contribution in [0.4, 0.5) is 0 Å². The first kappa shape index (κ1) is 26.0. The molecule has 0 saturated heterocycles. The maximum Gasteiger partial charge on any atom is 0.334 e. The average Bonchev–Trinajstić information content (AvgIpc) is 3.37. The van der Waals surface area contributed by atoms with Crippen molar-refractivity contribution in [2.45, 2.75) is 34.1 Å². The van der Waals surface area contributed by atoms with Gasteiger partial charge in [0.05, 0.1) is 6.61 Å². The van der Waals surface area contributed by atoms with Gasteiger partial charge in [0.25, 0.3) is 0 Å². The van der Waals surface area contributed by atoms with Gasteiger partial charge in [-0.05, 0) is 103 Å². The average molecular weight is 481 g/mol. The fourth-order valence-corrected chi connectivity index (χ4v) is 3.99. The molecule has 0 fully saturated rings. The molecule has 178 valence electrons. The van der Waals surface area contributed by atoms with Crippen LogP contribution < -0.4 is 0 Å². The highest BCUT2D eigenvalue weighted by molar-refractivity contribution is 7.08. The monoisotopic (exact) mass is 480 g/mol. The summed E-state index contributed by atoms with van der Waals surface area (Å²) in [6.07, 6.45) is 10.3. The molecule has 3 heteroatoms. The van der Waals surface area contributed by atoms with Crippen molar-refractivity contribution in [3.63, 3.8) is 0 Å². The second-order valence-electron chi connectivity index (χ2n) is 9.16. The van der Waals surface area contributed by atoms with E-state index in [1.807, 2.05) is 37.3 Å². The minimum absolute atomic E-state index is 0.0523. The Morgan fingerprint density at radius 1 is 0.971 bits per heavy atom. The zero-order chi connectivity index (χ0) is 25.1. The van der Waals surface area contributed by atoms with E-state index in [4.69, 9.17) is 4.74 Å². The number of rotatable bonds is 8. The summed E-state index contributed by atoms with van der Waals surface area (Å²) in [6, 6.07) is 18.8. The molecule has 0 spiro atoms. The summed E-state index contributed by atoms with van der Waals surface area (Å²) in [5.74, 6) is 5.92. The van der Waals surface area contributed by atoms with Crippen molar-refractivity contribution in [2.24, 2.45) is 5.41 Å². The molecule has 0 radical (unpaired) electrons. The van der Waals surface area contributed by atoms with E-state index >= 15 is 0 Å². The lowest BCUT2D eigenvalue weighted by molar-refractivity contribution is -0.138. The van der Waals surface area contributed by atoms with Crippen molar-refractivity contribution in [3.8, 4) is 23.0 Å². The van der Waals surface area contributed by atoms with Crippen LogP contribution in [-0.4, -0.2) is 12.6 Å². The molecule has 3 rings (SSSR count). The van der Waals surface area contributed by atoms with Gasteiger partial charge < -0.3 is 4.74 Å². The second-order valence-corrected chi connectivity index (χ2v) is 9.94. The van der Waals surface area contributed by atoms with Gasteiger partial charge in [-0.25, -0.2) is 4.79 Å². The summed E-state index contributed by atoms with van der Waals surface area (Å²) in [7, 11) is 0. The van der Waals surface area contributed by atoms with Crippen LogP contribution >= 0.6 is 11.3 Å². The topological polar surface area (TPSA) is 26.3 Å². The van der Waals surface area contributed by atoms with Crippen molar-refractivity contribution >= 4 is 35.5 Å². The lowest BCUT2D eigenvalue weighted by Crippen LogP contribution is -2.07. The lowest BCUT2D eigenvalue weighted by atomic mass is 9.98. The summed E-state index contributed by atoms with van der Waals surface area (Å²) in [4.78, 5) is 12.5. The standard InChI is InChI=1S/C32H32O2S/c1-5-34-31(33)29(14-7-6-8-19-32(2,3)4)23-27-13-9-11-25(21-27)16-17-26-12-10-15-28(22-26)30-18-20-35-24-30/h6-7,9-13,15-18,20-24H,5,14H2,1-4H3/b7-6+,17-16+,29-23+. The van der Waals surface area contributed by atoms with Crippen molar-refractivity contribution in [3.05, 3.63) is 99.8 Å². The van der Waals surface area contributed by atoms with Crippen molar-refractivity contribution in [1.29, 1.82) is 0 Å². The van der Waals surface area contributed by atoms with Crippen molar-refractivity contribution in [1.82, 2.24) is 0 Å². The van der Waals surface area contributed by atoms with Crippen LogP contribution in [0.2, 0.25) is 0 Å². The van der Waals surface area contributed by atoms with E-state index < -0.39 is 0 Å². The first-order valence-corrected chi connectivity index (χ1v) is 12.7.